The Labute approximate surface area is 137 Å². The van der Waals surface area contributed by atoms with Gasteiger partial charge in [-0.15, -0.1) is 0 Å². The van der Waals surface area contributed by atoms with Crippen molar-refractivity contribution in [3.63, 3.8) is 0 Å². The lowest BCUT2D eigenvalue weighted by molar-refractivity contribution is -0.146. The zero-order valence-corrected chi connectivity index (χ0v) is 14.0. The largest absolute Gasteiger partial charge is 0.469 e. The maximum Gasteiger partial charge on any atom is 0.308 e. The molecule has 1 amide bonds. The summed E-state index contributed by atoms with van der Waals surface area (Å²) in [7, 11) is 1.41. The van der Waals surface area contributed by atoms with Gasteiger partial charge in [-0.2, -0.15) is 0 Å². The maximum absolute atomic E-state index is 12.2. The number of hydrogen-bond acceptors (Lipinski definition) is 3. The highest BCUT2D eigenvalue weighted by Crippen LogP contribution is 2.26. The van der Waals surface area contributed by atoms with E-state index in [4.69, 9.17) is 16.3 Å². The number of hydrogen-bond donors (Lipinski definition) is 1. The van der Waals surface area contributed by atoms with E-state index in [1.54, 1.807) is 18.2 Å². The second-order valence-corrected chi connectivity index (χ2v) is 6.49. The summed E-state index contributed by atoms with van der Waals surface area (Å²) in [6.07, 6.45) is 3.04. The van der Waals surface area contributed by atoms with Gasteiger partial charge in [-0.25, -0.2) is 0 Å². The Hall–Kier alpha value is -1.07. The van der Waals surface area contributed by atoms with E-state index in [0.29, 0.717) is 10.6 Å². The van der Waals surface area contributed by atoms with Crippen LogP contribution in [0.3, 0.4) is 0 Å². The number of nitrogens with one attached hydrogen (secondary N) is 1. The lowest BCUT2D eigenvalue weighted by atomic mass is 9.86. The molecular weight excluding hydrogens is 358 g/mol. The predicted molar refractivity (Wildman–Crippen MR) is 84.4 cm³/mol. The van der Waals surface area contributed by atoms with Crippen molar-refractivity contribution in [3.05, 3.63) is 33.3 Å². The molecule has 0 heterocycles. The molecule has 1 aliphatic carbocycles. The number of methoxy groups -OCH3 is 1. The zero-order valence-electron chi connectivity index (χ0n) is 11.7. The molecule has 0 aromatic heterocycles. The third-order valence-electron chi connectivity index (χ3n) is 3.77. The summed E-state index contributed by atoms with van der Waals surface area (Å²) in [5.74, 6) is -0.371. The van der Waals surface area contributed by atoms with Crippen molar-refractivity contribution in [1.29, 1.82) is 0 Å². The summed E-state index contributed by atoms with van der Waals surface area (Å²) < 4.78 is 5.59. The topological polar surface area (TPSA) is 55.4 Å². The first-order valence-electron chi connectivity index (χ1n) is 6.85. The first-order chi connectivity index (χ1) is 10.0. The molecule has 21 heavy (non-hydrogen) atoms. The summed E-state index contributed by atoms with van der Waals surface area (Å²) >= 11 is 9.38. The van der Waals surface area contributed by atoms with E-state index < -0.39 is 0 Å². The molecule has 1 aliphatic rings. The summed E-state index contributed by atoms with van der Waals surface area (Å²) in [4.78, 5) is 23.7. The average molecular weight is 375 g/mol. The first-order valence-corrected chi connectivity index (χ1v) is 8.02. The number of esters is 1. The summed E-state index contributed by atoms with van der Waals surface area (Å²) in [5, 5.41) is 3.40. The van der Waals surface area contributed by atoms with E-state index >= 15 is 0 Å². The Bertz CT molecular complexity index is 542. The van der Waals surface area contributed by atoms with Crippen molar-refractivity contribution in [2.75, 3.05) is 7.11 Å². The van der Waals surface area contributed by atoms with E-state index in [-0.39, 0.29) is 23.8 Å². The van der Waals surface area contributed by atoms with Crippen LogP contribution in [0, 0.1) is 5.92 Å². The van der Waals surface area contributed by atoms with Crippen molar-refractivity contribution in [2.45, 2.75) is 31.7 Å². The van der Waals surface area contributed by atoms with Crippen LogP contribution < -0.4 is 5.32 Å². The Kier molecular flexibility index (Phi) is 5.65. The highest BCUT2D eigenvalue weighted by atomic mass is 79.9. The normalized spacial score (nSPS) is 21.7. The molecular formula is C15H17BrClNO3. The van der Waals surface area contributed by atoms with E-state index in [9.17, 15) is 9.59 Å². The van der Waals surface area contributed by atoms with Crippen LogP contribution in [0.2, 0.25) is 5.02 Å². The Morgan fingerprint density at radius 2 is 1.95 bits per heavy atom. The van der Waals surface area contributed by atoms with Gasteiger partial charge in [-0.3, -0.25) is 9.59 Å². The van der Waals surface area contributed by atoms with Gasteiger partial charge in [0.2, 0.25) is 0 Å². The predicted octanol–water partition coefficient (Wildman–Crippen LogP) is 3.56. The van der Waals surface area contributed by atoms with Crippen molar-refractivity contribution in [1.82, 2.24) is 5.32 Å². The SMILES string of the molecule is COC(=O)C1CCC(NC(=O)c2ccc(Br)cc2Cl)CC1. The van der Waals surface area contributed by atoms with Gasteiger partial charge >= 0.3 is 5.97 Å². The molecule has 0 saturated heterocycles. The molecule has 0 unspecified atom stereocenters. The second-order valence-electron chi connectivity index (χ2n) is 5.17. The minimum Gasteiger partial charge on any atom is -0.469 e. The van der Waals surface area contributed by atoms with Gasteiger partial charge in [-0.1, -0.05) is 27.5 Å². The fourth-order valence-electron chi connectivity index (χ4n) is 2.58. The van der Waals surface area contributed by atoms with Crippen molar-refractivity contribution >= 4 is 39.4 Å². The van der Waals surface area contributed by atoms with Crippen LogP contribution in [-0.4, -0.2) is 25.0 Å². The third kappa shape index (κ3) is 4.20. The number of halogens is 2. The van der Waals surface area contributed by atoms with Crippen molar-refractivity contribution in [2.24, 2.45) is 5.92 Å². The standard InChI is InChI=1S/C15H17BrClNO3/c1-21-15(20)9-2-5-11(6-3-9)18-14(19)12-7-4-10(16)8-13(12)17/h4,7-9,11H,2-3,5-6H2,1H3,(H,18,19). The zero-order chi connectivity index (χ0) is 15.4. The van der Waals surface area contributed by atoms with Crippen LogP contribution in [0.1, 0.15) is 36.0 Å². The highest BCUT2D eigenvalue weighted by molar-refractivity contribution is 9.10. The number of amides is 1. The lowest BCUT2D eigenvalue weighted by Gasteiger charge is -2.27. The van der Waals surface area contributed by atoms with E-state index in [1.165, 1.54) is 7.11 Å². The average Bonchev–Trinajstić information content (AvgIpc) is 2.47. The molecule has 0 spiro atoms. The van der Waals surface area contributed by atoms with E-state index in [2.05, 4.69) is 21.2 Å². The minimum absolute atomic E-state index is 0.0422. The van der Waals surface area contributed by atoms with Crippen LogP contribution in [0.4, 0.5) is 0 Å². The molecule has 0 atom stereocenters. The number of carbonyl (C=O) groups excluding carboxylic acids is 2. The third-order valence-corrected chi connectivity index (χ3v) is 4.58. The number of ether oxygens (including phenoxy) is 1. The van der Waals surface area contributed by atoms with Gasteiger partial charge in [0.1, 0.15) is 0 Å². The quantitative estimate of drug-likeness (QED) is 0.823. The molecule has 1 N–H and O–H groups in total. The smallest absolute Gasteiger partial charge is 0.308 e. The summed E-state index contributed by atoms with van der Waals surface area (Å²) in [5.41, 5.74) is 0.468. The number of carbonyl (C=O) groups is 2. The first kappa shape index (κ1) is 16.3. The van der Waals surface area contributed by atoms with E-state index in [0.717, 1.165) is 30.2 Å². The highest BCUT2D eigenvalue weighted by Gasteiger charge is 2.28. The fourth-order valence-corrected chi connectivity index (χ4v) is 3.34. The molecule has 1 aromatic carbocycles. The Balaban J connectivity index is 1.91. The Morgan fingerprint density at radius 1 is 1.29 bits per heavy atom. The lowest BCUT2D eigenvalue weighted by Crippen LogP contribution is -2.39. The molecule has 0 radical (unpaired) electrons. The van der Waals surface area contributed by atoms with Crippen molar-refractivity contribution < 1.29 is 14.3 Å². The fraction of sp³-hybridized carbons (Fsp3) is 0.467. The van der Waals surface area contributed by atoms with E-state index in [1.807, 2.05) is 0 Å². The monoisotopic (exact) mass is 373 g/mol. The van der Waals surface area contributed by atoms with Gasteiger partial charge in [0, 0.05) is 10.5 Å². The number of benzene rings is 1. The molecule has 1 aromatic rings. The molecule has 1 fully saturated rings. The van der Waals surface area contributed by atoms with Crippen molar-refractivity contribution in [3.8, 4) is 0 Å². The van der Waals surface area contributed by atoms with Gasteiger partial charge in [0.25, 0.3) is 5.91 Å². The minimum atomic E-state index is -0.172. The van der Waals surface area contributed by atoms with Gasteiger partial charge in [0.05, 0.1) is 23.6 Å². The summed E-state index contributed by atoms with van der Waals surface area (Å²) in [6.45, 7) is 0. The molecule has 6 heteroatoms. The second kappa shape index (κ2) is 7.27. The van der Waals surface area contributed by atoms with Crippen LogP contribution >= 0.6 is 27.5 Å². The molecule has 1 saturated carbocycles. The molecule has 2 rings (SSSR count). The van der Waals surface area contributed by atoms with Gasteiger partial charge in [-0.05, 0) is 43.9 Å². The van der Waals surface area contributed by atoms with Crippen LogP contribution in [0.15, 0.2) is 22.7 Å². The van der Waals surface area contributed by atoms with Crippen LogP contribution in [0.25, 0.3) is 0 Å². The number of rotatable bonds is 3. The maximum atomic E-state index is 12.2. The Morgan fingerprint density at radius 3 is 2.52 bits per heavy atom. The summed E-state index contributed by atoms with van der Waals surface area (Å²) in [6, 6.07) is 5.26. The van der Waals surface area contributed by atoms with Gasteiger partial charge < -0.3 is 10.1 Å². The van der Waals surface area contributed by atoms with Gasteiger partial charge in [0.15, 0.2) is 0 Å². The molecule has 114 valence electrons. The molecule has 0 aliphatic heterocycles. The molecule has 4 nitrogen and oxygen atoms in total. The van der Waals surface area contributed by atoms with Crippen LogP contribution in [-0.2, 0) is 9.53 Å². The van der Waals surface area contributed by atoms with Crippen LogP contribution in [0.5, 0.6) is 0 Å². The molecule has 0 bridgehead atoms.